The lowest BCUT2D eigenvalue weighted by Gasteiger charge is -2.25. The lowest BCUT2D eigenvalue weighted by molar-refractivity contribution is -0.132. The molecular formula is C25H18ClF2NO5. The van der Waals surface area contributed by atoms with Gasteiger partial charge in [-0.2, -0.15) is 0 Å². The van der Waals surface area contributed by atoms with Gasteiger partial charge in [-0.15, -0.1) is 0 Å². The topological polar surface area (TPSA) is 76.1 Å². The summed E-state index contributed by atoms with van der Waals surface area (Å²) in [5, 5.41) is 11.5. The Hall–Kier alpha value is -3.91. The number of amides is 1. The van der Waals surface area contributed by atoms with Gasteiger partial charge in [0.2, 0.25) is 0 Å². The fourth-order valence-electron chi connectivity index (χ4n) is 3.88. The molecule has 1 aliphatic heterocycles. The summed E-state index contributed by atoms with van der Waals surface area (Å²) in [4.78, 5) is 27.3. The molecule has 0 aliphatic carbocycles. The van der Waals surface area contributed by atoms with Crippen LogP contribution in [0.1, 0.15) is 17.2 Å². The summed E-state index contributed by atoms with van der Waals surface area (Å²) in [6.07, 6.45) is 0. The van der Waals surface area contributed by atoms with Gasteiger partial charge in [0.25, 0.3) is 11.7 Å². The van der Waals surface area contributed by atoms with Crippen LogP contribution in [-0.4, -0.2) is 31.0 Å². The molecule has 4 rings (SSSR count). The van der Waals surface area contributed by atoms with E-state index >= 15 is 0 Å². The molecule has 1 unspecified atom stereocenters. The standard InChI is InChI=1S/C25H18ClF2NO5/c1-33-19-12-16(26)20(34-2)11-15(19)23(30)21-22(13-6-4-3-5-7-13)29(25(32)24(21)31)14-8-9-17(27)18(28)10-14/h3-12,22,30H,1-2H3/b23-21+. The van der Waals surface area contributed by atoms with Gasteiger partial charge >= 0.3 is 0 Å². The number of Topliss-reactive ketones (excluding diaryl/α,β-unsaturated/α-hetero) is 1. The van der Waals surface area contributed by atoms with Crippen molar-refractivity contribution in [2.24, 2.45) is 0 Å². The molecule has 0 radical (unpaired) electrons. The van der Waals surface area contributed by atoms with Crippen LogP contribution in [0.15, 0.2) is 66.2 Å². The predicted molar refractivity (Wildman–Crippen MR) is 122 cm³/mol. The van der Waals surface area contributed by atoms with E-state index in [2.05, 4.69) is 0 Å². The third-order valence-corrected chi connectivity index (χ3v) is 5.77. The van der Waals surface area contributed by atoms with Crippen molar-refractivity contribution in [3.05, 3.63) is 94.0 Å². The van der Waals surface area contributed by atoms with Crippen LogP contribution < -0.4 is 14.4 Å². The number of aliphatic hydroxyl groups excluding tert-OH is 1. The van der Waals surface area contributed by atoms with E-state index in [4.69, 9.17) is 21.1 Å². The molecule has 1 aliphatic rings. The molecule has 1 atom stereocenters. The maximum atomic E-state index is 14.0. The summed E-state index contributed by atoms with van der Waals surface area (Å²) in [5.74, 6) is -4.51. The van der Waals surface area contributed by atoms with Gasteiger partial charge in [0.15, 0.2) is 11.6 Å². The van der Waals surface area contributed by atoms with Gasteiger partial charge in [-0.3, -0.25) is 14.5 Å². The molecule has 0 aromatic heterocycles. The lowest BCUT2D eigenvalue weighted by atomic mass is 9.94. The number of hydrogen-bond acceptors (Lipinski definition) is 5. The average molecular weight is 486 g/mol. The second-order valence-corrected chi connectivity index (χ2v) is 7.77. The first-order valence-electron chi connectivity index (χ1n) is 10.0. The molecule has 34 heavy (non-hydrogen) atoms. The Morgan fingerprint density at radius 3 is 2.24 bits per heavy atom. The summed E-state index contributed by atoms with van der Waals surface area (Å²) in [6, 6.07) is 12.9. The number of carbonyl (C=O) groups excluding carboxylic acids is 2. The van der Waals surface area contributed by atoms with E-state index in [1.165, 1.54) is 32.4 Å². The maximum absolute atomic E-state index is 14.0. The lowest BCUT2D eigenvalue weighted by Crippen LogP contribution is -2.29. The van der Waals surface area contributed by atoms with Gasteiger partial charge in [0, 0.05) is 17.8 Å². The zero-order valence-corrected chi connectivity index (χ0v) is 18.8. The summed E-state index contributed by atoms with van der Waals surface area (Å²) in [6.45, 7) is 0. The number of methoxy groups -OCH3 is 2. The minimum atomic E-state index is -1.18. The first-order valence-corrected chi connectivity index (χ1v) is 10.4. The first-order chi connectivity index (χ1) is 16.3. The molecule has 0 saturated carbocycles. The van der Waals surface area contributed by atoms with Crippen molar-refractivity contribution in [1.29, 1.82) is 0 Å². The van der Waals surface area contributed by atoms with Crippen LogP contribution in [-0.2, 0) is 9.59 Å². The van der Waals surface area contributed by atoms with Crippen molar-refractivity contribution >= 4 is 34.7 Å². The van der Waals surface area contributed by atoms with E-state index in [1.807, 2.05) is 0 Å². The van der Waals surface area contributed by atoms with E-state index in [-0.39, 0.29) is 33.3 Å². The van der Waals surface area contributed by atoms with E-state index in [1.54, 1.807) is 30.3 Å². The summed E-state index contributed by atoms with van der Waals surface area (Å²) in [5.41, 5.74) is 0.221. The number of hydrogen-bond donors (Lipinski definition) is 1. The number of halogens is 3. The molecule has 3 aromatic carbocycles. The highest BCUT2D eigenvalue weighted by molar-refractivity contribution is 6.51. The minimum Gasteiger partial charge on any atom is -0.507 e. The Bertz CT molecular complexity index is 1330. The highest BCUT2D eigenvalue weighted by atomic mass is 35.5. The molecule has 0 bridgehead atoms. The second kappa shape index (κ2) is 9.15. The van der Waals surface area contributed by atoms with Gasteiger partial charge < -0.3 is 14.6 Å². The van der Waals surface area contributed by atoms with E-state index in [0.717, 1.165) is 17.0 Å². The van der Waals surface area contributed by atoms with Crippen LogP contribution in [0.25, 0.3) is 5.76 Å². The molecule has 0 spiro atoms. The van der Waals surface area contributed by atoms with Crippen LogP contribution >= 0.6 is 11.6 Å². The number of benzene rings is 3. The smallest absolute Gasteiger partial charge is 0.300 e. The van der Waals surface area contributed by atoms with Crippen LogP contribution in [0, 0.1) is 11.6 Å². The number of anilines is 1. The minimum absolute atomic E-state index is 0.0467. The number of ether oxygens (including phenoxy) is 2. The Morgan fingerprint density at radius 1 is 0.941 bits per heavy atom. The number of rotatable bonds is 5. The maximum Gasteiger partial charge on any atom is 0.300 e. The molecule has 1 amide bonds. The van der Waals surface area contributed by atoms with E-state index < -0.39 is 35.1 Å². The van der Waals surface area contributed by atoms with Crippen LogP contribution in [0.3, 0.4) is 0 Å². The van der Waals surface area contributed by atoms with Gasteiger partial charge in [-0.25, -0.2) is 8.78 Å². The van der Waals surface area contributed by atoms with Crippen LogP contribution in [0.2, 0.25) is 5.02 Å². The molecule has 174 valence electrons. The molecule has 1 N–H and O–H groups in total. The average Bonchev–Trinajstić information content (AvgIpc) is 3.11. The number of aliphatic hydroxyl groups is 1. The Balaban J connectivity index is 1.99. The van der Waals surface area contributed by atoms with Gasteiger partial charge in [0.05, 0.1) is 36.4 Å². The zero-order chi connectivity index (χ0) is 24.6. The Morgan fingerprint density at radius 2 is 1.62 bits per heavy atom. The fourth-order valence-corrected chi connectivity index (χ4v) is 4.11. The quantitative estimate of drug-likeness (QED) is 0.303. The monoisotopic (exact) mass is 485 g/mol. The van der Waals surface area contributed by atoms with Crippen molar-refractivity contribution < 1.29 is 33.0 Å². The van der Waals surface area contributed by atoms with Crippen LogP contribution in [0.5, 0.6) is 11.5 Å². The number of carbonyl (C=O) groups is 2. The van der Waals surface area contributed by atoms with Crippen molar-refractivity contribution in [3.8, 4) is 11.5 Å². The number of ketones is 1. The fraction of sp³-hybridized carbons (Fsp3) is 0.120. The molecular weight excluding hydrogens is 468 g/mol. The zero-order valence-electron chi connectivity index (χ0n) is 18.0. The number of nitrogens with zero attached hydrogens (tertiary/aromatic N) is 1. The normalized spacial score (nSPS) is 17.2. The van der Waals surface area contributed by atoms with E-state index in [0.29, 0.717) is 5.56 Å². The van der Waals surface area contributed by atoms with Crippen molar-refractivity contribution in [1.82, 2.24) is 0 Å². The van der Waals surface area contributed by atoms with Crippen LogP contribution in [0.4, 0.5) is 14.5 Å². The molecule has 9 heteroatoms. The van der Waals surface area contributed by atoms with Crippen molar-refractivity contribution in [2.45, 2.75) is 6.04 Å². The second-order valence-electron chi connectivity index (χ2n) is 7.37. The van der Waals surface area contributed by atoms with E-state index in [9.17, 15) is 23.5 Å². The highest BCUT2D eigenvalue weighted by Gasteiger charge is 2.47. The summed E-state index contributed by atoms with van der Waals surface area (Å²) < 4.78 is 38.1. The van der Waals surface area contributed by atoms with Crippen molar-refractivity contribution in [2.75, 3.05) is 19.1 Å². The molecule has 1 saturated heterocycles. The Kier molecular flexibility index (Phi) is 6.26. The molecule has 1 heterocycles. The van der Waals surface area contributed by atoms with Crippen molar-refractivity contribution in [3.63, 3.8) is 0 Å². The molecule has 6 nitrogen and oxygen atoms in total. The molecule has 3 aromatic rings. The van der Waals surface area contributed by atoms with Gasteiger partial charge in [-0.1, -0.05) is 41.9 Å². The first kappa shape index (κ1) is 23.3. The Labute approximate surface area is 198 Å². The SMILES string of the molecule is COc1cc(/C(O)=C2\C(=O)C(=O)N(c3ccc(F)c(F)c3)C2c2ccccc2)c(OC)cc1Cl. The largest absolute Gasteiger partial charge is 0.507 e. The molecule has 1 fully saturated rings. The van der Waals surface area contributed by atoms with Gasteiger partial charge in [-0.05, 0) is 23.8 Å². The predicted octanol–water partition coefficient (Wildman–Crippen LogP) is 5.26. The third-order valence-electron chi connectivity index (χ3n) is 5.47. The third kappa shape index (κ3) is 3.86. The summed E-state index contributed by atoms with van der Waals surface area (Å²) >= 11 is 6.15. The summed E-state index contributed by atoms with van der Waals surface area (Å²) in [7, 11) is 2.73. The van der Waals surface area contributed by atoms with Gasteiger partial charge in [0.1, 0.15) is 17.3 Å². The highest BCUT2D eigenvalue weighted by Crippen LogP contribution is 2.44.